The van der Waals surface area contributed by atoms with Crippen molar-refractivity contribution in [3.63, 3.8) is 0 Å². The van der Waals surface area contributed by atoms with Crippen LogP contribution in [0.5, 0.6) is 0 Å². The summed E-state index contributed by atoms with van der Waals surface area (Å²) < 4.78 is 60.2. The molecule has 0 aliphatic heterocycles. The number of ether oxygens (including phenoxy) is 2. The minimum absolute atomic E-state index is 0.234. The average molecular weight is 179 g/mol. The zero-order valence-corrected chi connectivity index (χ0v) is 6.86. The summed E-state index contributed by atoms with van der Waals surface area (Å²) in [6.45, 7) is 5.08. The Morgan fingerprint density at radius 1 is 1.55 bits per heavy atom. The highest BCUT2D eigenvalue weighted by atomic mass is 16.7. The van der Waals surface area contributed by atoms with E-state index in [0.29, 0.717) is 13.2 Å². The van der Waals surface area contributed by atoms with E-state index in [-0.39, 0.29) is 12.8 Å². The molecule has 0 bridgehead atoms. The van der Waals surface area contributed by atoms with E-state index in [1.807, 2.05) is 13.8 Å². The van der Waals surface area contributed by atoms with Crippen molar-refractivity contribution >= 4 is 0 Å². The normalized spacial score (nSPS) is 13.4. The van der Waals surface area contributed by atoms with Crippen LogP contribution in [0.1, 0.15) is 28.7 Å². The maximum atomic E-state index is 8.00. The summed E-state index contributed by atoms with van der Waals surface area (Å²) in [5.74, 6) is 0. The molecule has 0 rings (SSSR count). The van der Waals surface area contributed by atoms with Crippen LogP contribution in [0.15, 0.2) is 5.11 Å². The van der Waals surface area contributed by atoms with Gasteiger partial charge in [-0.25, -0.2) is 0 Å². The Bertz CT molecular complexity index is 149. The first-order chi connectivity index (χ1) is 10.3. The van der Waals surface area contributed by atoms with Gasteiger partial charge in [0.1, 0.15) is 0 Å². The van der Waals surface area contributed by atoms with Crippen molar-refractivity contribution in [1.29, 1.82) is 0 Å². The number of rotatable bonds is 6. The lowest BCUT2D eigenvalue weighted by atomic mass is 10.6. The second-order valence-corrected chi connectivity index (χ2v) is 1.75. The van der Waals surface area contributed by atoms with Gasteiger partial charge < -0.3 is 9.47 Å². The Hall–Kier alpha value is -0.770. The molecule has 0 heterocycles. The first kappa shape index (κ1) is 4.30. The SMILES string of the molecule is CCOC(CN=[N+]=[N-])OCC.[2H][2H].[2H][2H].[2H][2H].[2H][2H].[2H][2H]. The van der Waals surface area contributed by atoms with Gasteiger partial charge in [0.15, 0.2) is 6.29 Å². The number of azide groups is 1. The number of hydrogen-bond donors (Lipinski definition) is 0. The summed E-state index contributed by atoms with van der Waals surface area (Å²) in [6.07, 6.45) is -0.388. The minimum Gasteiger partial charge on any atom is -0.353 e. The van der Waals surface area contributed by atoms with E-state index in [0.717, 1.165) is 0 Å². The molecule has 0 aromatic carbocycles. The van der Waals surface area contributed by atoms with E-state index in [9.17, 15) is 0 Å². The van der Waals surface area contributed by atoms with E-state index in [4.69, 9.17) is 29.9 Å². The van der Waals surface area contributed by atoms with Crippen LogP contribution >= 0.6 is 0 Å². The van der Waals surface area contributed by atoms with Crippen LogP contribution in [0.3, 0.4) is 0 Å². The highest BCUT2D eigenvalue weighted by Crippen LogP contribution is 1.95. The largest absolute Gasteiger partial charge is 0.353 e. The molecule has 11 heavy (non-hydrogen) atoms. The van der Waals surface area contributed by atoms with Crippen molar-refractivity contribution in [2.75, 3.05) is 19.8 Å². The fraction of sp³-hybridized carbons (Fsp3) is 1.00. The zero-order chi connectivity index (χ0) is 18.5. The molecule has 0 aliphatic rings. The second-order valence-electron chi connectivity index (χ2n) is 1.75. The molecule has 0 saturated carbocycles. The quantitative estimate of drug-likeness (QED) is 0.272. The van der Waals surface area contributed by atoms with Crippen LogP contribution in [0, 0.1) is 0 Å². The number of hydrogen-bond acceptors (Lipinski definition) is 3. The molecule has 5 nitrogen and oxygen atoms in total. The van der Waals surface area contributed by atoms with Gasteiger partial charge in [-0.05, 0) is 19.4 Å². The highest BCUT2D eigenvalue weighted by Gasteiger charge is 2.04. The fourth-order valence-electron chi connectivity index (χ4n) is 0.628. The van der Waals surface area contributed by atoms with Gasteiger partial charge in [0, 0.05) is 33.0 Å². The van der Waals surface area contributed by atoms with Crippen LogP contribution in [-0.2, 0) is 9.47 Å². The van der Waals surface area contributed by atoms with Crippen LogP contribution in [-0.4, -0.2) is 26.0 Å². The molecule has 0 atom stereocenters. The van der Waals surface area contributed by atoms with Gasteiger partial charge in [-0.1, -0.05) is 5.11 Å². The van der Waals surface area contributed by atoms with E-state index < -0.39 is 0 Å². The highest BCUT2D eigenvalue weighted by molar-refractivity contribution is 4.50. The van der Waals surface area contributed by atoms with Crippen molar-refractivity contribution in [2.24, 2.45) is 5.11 Å². The van der Waals surface area contributed by atoms with Gasteiger partial charge in [0.05, 0.1) is 6.54 Å². The van der Waals surface area contributed by atoms with Gasteiger partial charge in [-0.3, -0.25) is 0 Å². The van der Waals surface area contributed by atoms with E-state index in [1.165, 1.54) is 0 Å². The van der Waals surface area contributed by atoms with Crippen LogP contribution < -0.4 is 0 Å². The topological polar surface area (TPSA) is 67.2 Å². The van der Waals surface area contributed by atoms with Crippen LogP contribution in [0.4, 0.5) is 0 Å². The van der Waals surface area contributed by atoms with Crippen molar-refractivity contribution < 1.29 is 24.3 Å². The third-order valence-electron chi connectivity index (χ3n) is 0.999. The van der Waals surface area contributed by atoms with Crippen molar-refractivity contribution in [1.82, 2.24) is 0 Å². The Kier molecular flexibility index (Phi) is 2.87. The lowest BCUT2D eigenvalue weighted by Crippen LogP contribution is -2.20. The molecule has 0 aliphatic carbocycles. The maximum absolute atomic E-state index is 8.00. The average Bonchev–Trinajstić information content (AvgIpc) is 2.62. The summed E-state index contributed by atoms with van der Waals surface area (Å²) in [5.41, 5.74) is 8.00. The van der Waals surface area contributed by atoms with E-state index in [1.54, 1.807) is 0 Å². The van der Waals surface area contributed by atoms with E-state index in [2.05, 4.69) is 10.0 Å². The summed E-state index contributed by atoms with van der Waals surface area (Å²) in [7, 11) is 0. The molecular weight excluding hydrogens is 146 g/mol. The molecule has 74 valence electrons. The summed E-state index contributed by atoms with van der Waals surface area (Å²) in [4.78, 5) is 2.60. The summed E-state index contributed by atoms with van der Waals surface area (Å²) in [6, 6.07) is 0. The van der Waals surface area contributed by atoms with Gasteiger partial charge >= 0.3 is 0 Å². The molecule has 5 heteroatoms. The lowest BCUT2D eigenvalue weighted by Gasteiger charge is -2.13. The molecule has 0 fully saturated rings. The second kappa shape index (κ2) is 7.34. The van der Waals surface area contributed by atoms with Crippen molar-refractivity contribution in [2.45, 2.75) is 20.1 Å². The van der Waals surface area contributed by atoms with Crippen LogP contribution in [0.25, 0.3) is 10.4 Å². The smallest absolute Gasteiger partial charge is 0.163 e. The molecule has 0 saturated heterocycles. The Labute approximate surface area is 81.4 Å². The predicted octanol–water partition coefficient (Wildman–Crippen LogP) is 2.93. The molecule has 0 unspecified atom stereocenters. The van der Waals surface area contributed by atoms with Crippen LogP contribution in [0.2, 0.25) is 0 Å². The molecule has 0 aromatic rings. The first-order valence-corrected chi connectivity index (χ1v) is 3.59. The summed E-state index contributed by atoms with van der Waals surface area (Å²) >= 11 is 0. The Morgan fingerprint density at radius 3 is 2.45 bits per heavy atom. The fourth-order valence-corrected chi connectivity index (χ4v) is 0.628. The Balaban J connectivity index is -0.0000000474. The van der Waals surface area contributed by atoms with E-state index >= 15 is 0 Å². The third-order valence-corrected chi connectivity index (χ3v) is 0.999. The third kappa shape index (κ3) is 5.66. The predicted molar refractivity (Wildman–Crippen MR) is 51.6 cm³/mol. The monoisotopic (exact) mass is 179 g/mol. The van der Waals surface area contributed by atoms with Gasteiger partial charge in [-0.2, -0.15) is 0 Å². The van der Waals surface area contributed by atoms with Gasteiger partial charge in [0.25, 0.3) is 0 Å². The molecule has 0 aromatic heterocycles. The maximum Gasteiger partial charge on any atom is 0.163 e. The zero-order valence-electron chi connectivity index (χ0n) is 16.9. The number of nitrogens with zero attached hydrogens (tertiary/aromatic N) is 3. The molecule has 0 N–H and O–H groups in total. The molecular formula is C6H23N3O2. The minimum atomic E-state index is -0.388. The van der Waals surface area contributed by atoms with Crippen molar-refractivity contribution in [3.05, 3.63) is 10.4 Å². The lowest BCUT2D eigenvalue weighted by molar-refractivity contribution is -0.128. The molecule has 0 radical (unpaired) electrons. The Morgan fingerprint density at radius 2 is 2.09 bits per heavy atom. The van der Waals surface area contributed by atoms with Gasteiger partial charge in [-0.15, -0.1) is 0 Å². The van der Waals surface area contributed by atoms with Gasteiger partial charge in [0.2, 0.25) is 0 Å². The van der Waals surface area contributed by atoms with Crippen molar-refractivity contribution in [3.8, 4) is 0 Å². The molecule has 0 amide bonds. The summed E-state index contributed by atoms with van der Waals surface area (Å²) in [5, 5.41) is 3.34. The molecule has 0 spiro atoms. The first-order valence-electron chi connectivity index (χ1n) is 8.59. The standard InChI is InChI=1S/C6H13N3O2.5H2/c1-3-10-6(11-4-2)5-8-9-7;;;;;/h6H,3-5H2,1-2H3;5*1H/i;5*1+1D.